The smallest absolute Gasteiger partial charge is 0.0611 e. The number of rotatable bonds is 3. The Balaban J connectivity index is 2.39. The summed E-state index contributed by atoms with van der Waals surface area (Å²) in [4.78, 5) is 0. The van der Waals surface area contributed by atoms with Crippen LogP contribution in [0.5, 0.6) is 0 Å². The van der Waals surface area contributed by atoms with E-state index in [-0.39, 0.29) is 6.10 Å². The average molecular weight is 166 g/mol. The molecular weight excluding hydrogens is 148 g/mol. The zero-order valence-corrected chi connectivity index (χ0v) is 7.79. The first kappa shape index (κ1) is 9.53. The number of hydrogen-bond donors (Lipinski definition) is 1. The van der Waals surface area contributed by atoms with Crippen molar-refractivity contribution >= 4 is 0 Å². The van der Waals surface area contributed by atoms with Gasteiger partial charge in [0.05, 0.1) is 6.10 Å². The van der Waals surface area contributed by atoms with E-state index in [9.17, 15) is 5.11 Å². The van der Waals surface area contributed by atoms with Crippen LogP contribution in [0.25, 0.3) is 0 Å². The van der Waals surface area contributed by atoms with Crippen LogP contribution in [0.1, 0.15) is 32.6 Å². The first-order chi connectivity index (χ1) is 5.75. The predicted molar refractivity (Wildman–Crippen MR) is 51.9 cm³/mol. The Bertz CT molecular complexity index is 181. The van der Waals surface area contributed by atoms with Gasteiger partial charge in [-0.05, 0) is 25.7 Å². The minimum absolute atomic E-state index is 0.140. The van der Waals surface area contributed by atoms with E-state index in [0.717, 1.165) is 25.7 Å². The van der Waals surface area contributed by atoms with Crippen LogP contribution in [-0.4, -0.2) is 11.2 Å². The van der Waals surface area contributed by atoms with Crippen molar-refractivity contribution in [3.8, 4) is 0 Å². The Labute approximate surface area is 74.8 Å². The van der Waals surface area contributed by atoms with Gasteiger partial charge in [0, 0.05) is 5.92 Å². The zero-order chi connectivity index (χ0) is 8.97. The van der Waals surface area contributed by atoms with Crippen LogP contribution in [0.3, 0.4) is 0 Å². The summed E-state index contributed by atoms with van der Waals surface area (Å²) in [5, 5.41) is 9.56. The molecule has 0 bridgehead atoms. The topological polar surface area (TPSA) is 20.2 Å². The molecule has 1 N–H and O–H groups in total. The fourth-order valence-corrected chi connectivity index (χ4v) is 1.73. The van der Waals surface area contributed by atoms with Gasteiger partial charge >= 0.3 is 0 Å². The van der Waals surface area contributed by atoms with Crippen LogP contribution in [-0.2, 0) is 0 Å². The molecule has 0 aromatic carbocycles. The van der Waals surface area contributed by atoms with E-state index < -0.39 is 0 Å². The highest BCUT2D eigenvalue weighted by molar-refractivity contribution is 5.11. The van der Waals surface area contributed by atoms with Crippen LogP contribution >= 0.6 is 0 Å². The average Bonchev–Trinajstić information content (AvgIpc) is 2.35. The maximum absolute atomic E-state index is 9.56. The molecule has 1 saturated carbocycles. The van der Waals surface area contributed by atoms with Gasteiger partial charge in [-0.15, -0.1) is 0 Å². The minimum atomic E-state index is -0.140. The molecule has 0 heterocycles. The van der Waals surface area contributed by atoms with E-state index in [1.807, 2.05) is 0 Å². The molecule has 0 amide bonds. The van der Waals surface area contributed by atoms with Gasteiger partial charge in [-0.2, -0.15) is 0 Å². The Morgan fingerprint density at radius 3 is 2.83 bits per heavy atom. The summed E-state index contributed by atoms with van der Waals surface area (Å²) in [7, 11) is 0. The Morgan fingerprint density at radius 2 is 2.33 bits per heavy atom. The molecule has 0 aliphatic heterocycles. The molecule has 1 nitrogen and oxygen atoms in total. The van der Waals surface area contributed by atoms with E-state index in [0.29, 0.717) is 5.92 Å². The molecule has 1 aliphatic rings. The van der Waals surface area contributed by atoms with Gasteiger partial charge < -0.3 is 5.11 Å². The number of allylic oxidation sites excluding steroid dienone is 2. The Morgan fingerprint density at radius 1 is 1.58 bits per heavy atom. The number of hydrogen-bond acceptors (Lipinski definition) is 1. The molecule has 1 aliphatic carbocycles. The first-order valence-corrected chi connectivity index (χ1v) is 4.76. The van der Waals surface area contributed by atoms with Crippen molar-refractivity contribution in [3.63, 3.8) is 0 Å². The normalized spacial score (nSPS) is 30.3. The van der Waals surface area contributed by atoms with E-state index >= 15 is 0 Å². The molecule has 0 spiro atoms. The molecule has 0 unspecified atom stereocenters. The van der Waals surface area contributed by atoms with Gasteiger partial charge in [0.1, 0.15) is 0 Å². The summed E-state index contributed by atoms with van der Waals surface area (Å²) in [5.74, 6) is 0.327. The summed E-state index contributed by atoms with van der Waals surface area (Å²) in [6, 6.07) is 0. The minimum Gasteiger partial charge on any atom is -0.392 e. The van der Waals surface area contributed by atoms with E-state index in [1.165, 1.54) is 5.57 Å². The van der Waals surface area contributed by atoms with Crippen molar-refractivity contribution in [1.29, 1.82) is 0 Å². The summed E-state index contributed by atoms with van der Waals surface area (Å²) in [5.41, 5.74) is 1.23. The highest BCUT2D eigenvalue weighted by Gasteiger charge is 2.26. The third-order valence-corrected chi connectivity index (χ3v) is 2.54. The Kier molecular flexibility index (Phi) is 3.54. The molecule has 1 fully saturated rings. The zero-order valence-electron chi connectivity index (χ0n) is 7.79. The molecule has 12 heavy (non-hydrogen) atoms. The largest absolute Gasteiger partial charge is 0.392 e. The quantitative estimate of drug-likeness (QED) is 0.639. The predicted octanol–water partition coefficient (Wildman–Crippen LogP) is 2.67. The second-order valence-electron chi connectivity index (χ2n) is 3.49. The number of aliphatic hydroxyl groups excluding tert-OH is 1. The summed E-state index contributed by atoms with van der Waals surface area (Å²) in [6.07, 6.45) is 8.13. The second kappa shape index (κ2) is 4.46. The van der Waals surface area contributed by atoms with Crippen LogP contribution in [0.15, 0.2) is 24.3 Å². The second-order valence-corrected chi connectivity index (χ2v) is 3.49. The third kappa shape index (κ3) is 2.21. The van der Waals surface area contributed by atoms with Crippen molar-refractivity contribution in [1.82, 2.24) is 0 Å². The van der Waals surface area contributed by atoms with Gasteiger partial charge in [-0.25, -0.2) is 0 Å². The standard InChI is InChI=1S/C11H18O/c1-3-4-5-6-10-9(2)7-8-11(10)12/h4-5,10-12H,2-3,6-8H2,1H3/b5-4-/t10-,11+/m0/s1. The fraction of sp³-hybridized carbons (Fsp3) is 0.636. The molecule has 2 atom stereocenters. The van der Waals surface area contributed by atoms with Crippen molar-refractivity contribution in [3.05, 3.63) is 24.3 Å². The molecule has 0 aromatic rings. The fourth-order valence-electron chi connectivity index (χ4n) is 1.73. The van der Waals surface area contributed by atoms with Crippen molar-refractivity contribution in [2.45, 2.75) is 38.7 Å². The third-order valence-electron chi connectivity index (χ3n) is 2.54. The molecule has 0 saturated heterocycles. The van der Waals surface area contributed by atoms with Crippen LogP contribution in [0, 0.1) is 5.92 Å². The van der Waals surface area contributed by atoms with Gasteiger partial charge in [0.15, 0.2) is 0 Å². The first-order valence-electron chi connectivity index (χ1n) is 4.76. The van der Waals surface area contributed by atoms with Gasteiger partial charge in [-0.3, -0.25) is 0 Å². The molecular formula is C11H18O. The SMILES string of the molecule is C=C1CC[C@@H](O)[C@H]1C/C=C\CC. The monoisotopic (exact) mass is 166 g/mol. The van der Waals surface area contributed by atoms with Crippen LogP contribution in [0.4, 0.5) is 0 Å². The summed E-state index contributed by atoms with van der Waals surface area (Å²) >= 11 is 0. The molecule has 1 rings (SSSR count). The maximum Gasteiger partial charge on any atom is 0.0611 e. The lowest BCUT2D eigenvalue weighted by atomic mass is 9.98. The van der Waals surface area contributed by atoms with Crippen molar-refractivity contribution in [2.24, 2.45) is 5.92 Å². The molecule has 1 heteroatoms. The maximum atomic E-state index is 9.56. The lowest BCUT2D eigenvalue weighted by Crippen LogP contribution is -2.12. The van der Waals surface area contributed by atoms with Crippen molar-refractivity contribution < 1.29 is 5.11 Å². The molecule has 68 valence electrons. The van der Waals surface area contributed by atoms with E-state index in [4.69, 9.17) is 0 Å². The summed E-state index contributed by atoms with van der Waals surface area (Å²) in [6.45, 7) is 6.09. The van der Waals surface area contributed by atoms with Gasteiger partial charge in [0.25, 0.3) is 0 Å². The van der Waals surface area contributed by atoms with Gasteiger partial charge in [0.2, 0.25) is 0 Å². The lowest BCUT2D eigenvalue weighted by molar-refractivity contribution is 0.143. The van der Waals surface area contributed by atoms with E-state index in [1.54, 1.807) is 0 Å². The highest BCUT2D eigenvalue weighted by atomic mass is 16.3. The molecule has 0 aromatic heterocycles. The highest BCUT2D eigenvalue weighted by Crippen LogP contribution is 2.32. The van der Waals surface area contributed by atoms with E-state index in [2.05, 4.69) is 25.7 Å². The lowest BCUT2D eigenvalue weighted by Gasteiger charge is -2.12. The van der Waals surface area contributed by atoms with Crippen LogP contribution < -0.4 is 0 Å². The van der Waals surface area contributed by atoms with Crippen LogP contribution in [0.2, 0.25) is 0 Å². The van der Waals surface area contributed by atoms with Gasteiger partial charge in [-0.1, -0.05) is 31.2 Å². The Hall–Kier alpha value is -0.560. The number of aliphatic hydroxyl groups is 1. The van der Waals surface area contributed by atoms with Crippen molar-refractivity contribution in [2.75, 3.05) is 0 Å². The summed E-state index contributed by atoms with van der Waals surface area (Å²) < 4.78 is 0. The molecule has 0 radical (unpaired) electrons.